The summed E-state index contributed by atoms with van der Waals surface area (Å²) in [5.41, 5.74) is 0. The van der Waals surface area contributed by atoms with Crippen molar-refractivity contribution in [3.8, 4) is 0 Å². The lowest BCUT2D eigenvalue weighted by molar-refractivity contribution is 0.00916. The van der Waals surface area contributed by atoms with E-state index >= 15 is 0 Å². The van der Waals surface area contributed by atoms with Crippen LogP contribution in [0.5, 0.6) is 0 Å². The van der Waals surface area contributed by atoms with Gasteiger partial charge in [-0.15, -0.1) is 13.2 Å². The van der Waals surface area contributed by atoms with Crippen LogP contribution in [0.25, 0.3) is 0 Å². The molecule has 21 heavy (non-hydrogen) atoms. The SMILES string of the molecule is C=CCCOC1CCC(C2CCC(CCC=C)CC2)CC1. The van der Waals surface area contributed by atoms with E-state index in [0.29, 0.717) is 6.10 Å². The van der Waals surface area contributed by atoms with Crippen LogP contribution in [0.2, 0.25) is 0 Å². The molecule has 1 nitrogen and oxygen atoms in total. The minimum atomic E-state index is 0.533. The van der Waals surface area contributed by atoms with Crippen LogP contribution in [0.3, 0.4) is 0 Å². The van der Waals surface area contributed by atoms with Crippen molar-refractivity contribution in [1.82, 2.24) is 0 Å². The van der Waals surface area contributed by atoms with Crippen LogP contribution >= 0.6 is 0 Å². The van der Waals surface area contributed by atoms with Crippen molar-refractivity contribution >= 4 is 0 Å². The molecule has 0 N–H and O–H groups in total. The van der Waals surface area contributed by atoms with Crippen LogP contribution in [0.15, 0.2) is 25.3 Å². The summed E-state index contributed by atoms with van der Waals surface area (Å²) >= 11 is 0. The Bertz CT molecular complexity index is 293. The molecular weight excluding hydrogens is 256 g/mol. The molecule has 0 bridgehead atoms. The fourth-order valence-electron chi connectivity index (χ4n) is 4.35. The summed E-state index contributed by atoms with van der Waals surface area (Å²) < 4.78 is 5.94. The molecule has 0 aromatic carbocycles. The van der Waals surface area contributed by atoms with E-state index in [9.17, 15) is 0 Å². The molecule has 0 unspecified atom stereocenters. The monoisotopic (exact) mass is 290 g/mol. The first-order chi connectivity index (χ1) is 10.3. The summed E-state index contributed by atoms with van der Waals surface area (Å²) in [7, 11) is 0. The van der Waals surface area contributed by atoms with Crippen LogP contribution in [0, 0.1) is 17.8 Å². The Balaban J connectivity index is 1.62. The molecule has 1 heteroatoms. The predicted octanol–water partition coefficient (Wildman–Crippen LogP) is 5.91. The summed E-state index contributed by atoms with van der Waals surface area (Å²) in [4.78, 5) is 0. The van der Waals surface area contributed by atoms with Crippen molar-refractivity contribution in [2.24, 2.45) is 17.8 Å². The van der Waals surface area contributed by atoms with Gasteiger partial charge in [0.2, 0.25) is 0 Å². The Hall–Kier alpha value is -0.560. The molecule has 2 aliphatic rings. The maximum absolute atomic E-state index is 5.94. The van der Waals surface area contributed by atoms with Crippen molar-refractivity contribution in [3.05, 3.63) is 25.3 Å². The number of ether oxygens (including phenoxy) is 1. The molecule has 0 aromatic heterocycles. The second-order valence-corrected chi connectivity index (χ2v) is 7.13. The van der Waals surface area contributed by atoms with Gasteiger partial charge < -0.3 is 4.74 Å². The highest BCUT2D eigenvalue weighted by atomic mass is 16.5. The molecule has 2 aliphatic carbocycles. The van der Waals surface area contributed by atoms with Crippen molar-refractivity contribution in [3.63, 3.8) is 0 Å². The molecule has 2 saturated carbocycles. The van der Waals surface area contributed by atoms with E-state index in [0.717, 1.165) is 30.8 Å². The van der Waals surface area contributed by atoms with Gasteiger partial charge in [0.15, 0.2) is 0 Å². The van der Waals surface area contributed by atoms with E-state index < -0.39 is 0 Å². The zero-order valence-electron chi connectivity index (χ0n) is 13.8. The van der Waals surface area contributed by atoms with E-state index in [4.69, 9.17) is 4.74 Å². The Kier molecular flexibility index (Phi) is 7.57. The standard InChI is InChI=1S/C20H34O/c1-3-5-7-17-8-10-18(11-9-17)19-12-14-20(15-13-19)21-16-6-4-2/h3-4,17-20H,1-2,5-16H2. The maximum atomic E-state index is 5.94. The second-order valence-electron chi connectivity index (χ2n) is 7.13. The Morgan fingerprint density at radius 3 is 1.90 bits per heavy atom. The zero-order chi connectivity index (χ0) is 14.9. The van der Waals surface area contributed by atoms with Gasteiger partial charge in [-0.25, -0.2) is 0 Å². The highest BCUT2D eigenvalue weighted by Crippen LogP contribution is 2.41. The van der Waals surface area contributed by atoms with Crippen molar-refractivity contribution < 1.29 is 4.74 Å². The first-order valence-corrected chi connectivity index (χ1v) is 9.16. The zero-order valence-corrected chi connectivity index (χ0v) is 13.8. The molecule has 0 amide bonds. The van der Waals surface area contributed by atoms with E-state index in [1.165, 1.54) is 64.2 Å². The van der Waals surface area contributed by atoms with Gasteiger partial charge in [0.05, 0.1) is 12.7 Å². The largest absolute Gasteiger partial charge is 0.378 e. The summed E-state index contributed by atoms with van der Waals surface area (Å²) in [5.74, 6) is 2.99. The molecule has 2 fully saturated rings. The highest BCUT2D eigenvalue weighted by molar-refractivity contribution is 4.83. The smallest absolute Gasteiger partial charge is 0.0575 e. The molecule has 0 heterocycles. The first-order valence-electron chi connectivity index (χ1n) is 9.16. The lowest BCUT2D eigenvalue weighted by Crippen LogP contribution is -2.28. The molecule has 0 atom stereocenters. The third-order valence-electron chi connectivity index (χ3n) is 5.73. The first kappa shape index (κ1) is 16.8. The topological polar surface area (TPSA) is 9.23 Å². The van der Waals surface area contributed by atoms with Gasteiger partial charge in [0.25, 0.3) is 0 Å². The second kappa shape index (κ2) is 9.46. The molecule has 0 saturated heterocycles. The average Bonchev–Trinajstić information content (AvgIpc) is 2.54. The van der Waals surface area contributed by atoms with Gasteiger partial charge in [-0.2, -0.15) is 0 Å². The van der Waals surface area contributed by atoms with Crippen molar-refractivity contribution in [1.29, 1.82) is 0 Å². The summed E-state index contributed by atoms with van der Waals surface area (Å²) in [6.45, 7) is 8.47. The third-order valence-corrected chi connectivity index (χ3v) is 5.73. The van der Waals surface area contributed by atoms with Gasteiger partial charge in [-0.05, 0) is 75.5 Å². The van der Waals surface area contributed by atoms with E-state index in [1.807, 2.05) is 6.08 Å². The lowest BCUT2D eigenvalue weighted by Gasteiger charge is -2.37. The van der Waals surface area contributed by atoms with E-state index in [-0.39, 0.29) is 0 Å². The Morgan fingerprint density at radius 2 is 1.33 bits per heavy atom. The van der Waals surface area contributed by atoms with E-state index in [1.54, 1.807) is 0 Å². The van der Waals surface area contributed by atoms with Crippen LogP contribution < -0.4 is 0 Å². The van der Waals surface area contributed by atoms with Gasteiger partial charge in [-0.3, -0.25) is 0 Å². The van der Waals surface area contributed by atoms with Gasteiger partial charge >= 0.3 is 0 Å². The normalized spacial score (nSPS) is 33.5. The lowest BCUT2D eigenvalue weighted by atomic mass is 9.70. The van der Waals surface area contributed by atoms with Gasteiger partial charge in [0, 0.05) is 0 Å². The summed E-state index contributed by atoms with van der Waals surface area (Å²) in [6, 6.07) is 0. The minimum absolute atomic E-state index is 0.533. The van der Waals surface area contributed by atoms with E-state index in [2.05, 4.69) is 19.2 Å². The van der Waals surface area contributed by atoms with Crippen molar-refractivity contribution in [2.45, 2.75) is 76.7 Å². The molecule has 0 spiro atoms. The Morgan fingerprint density at radius 1 is 0.762 bits per heavy atom. The highest BCUT2D eigenvalue weighted by Gasteiger charge is 2.30. The molecule has 0 aromatic rings. The minimum Gasteiger partial charge on any atom is -0.378 e. The van der Waals surface area contributed by atoms with Crippen LogP contribution in [0.4, 0.5) is 0 Å². The molecule has 0 aliphatic heterocycles. The molecule has 0 radical (unpaired) electrons. The number of hydrogen-bond donors (Lipinski definition) is 0. The summed E-state index contributed by atoms with van der Waals surface area (Å²) in [5, 5.41) is 0. The quantitative estimate of drug-likeness (QED) is 0.399. The molecular formula is C20H34O. The van der Waals surface area contributed by atoms with Gasteiger partial charge in [-0.1, -0.05) is 25.0 Å². The number of allylic oxidation sites excluding steroid dienone is 1. The predicted molar refractivity (Wildman–Crippen MR) is 91.4 cm³/mol. The number of rotatable bonds is 8. The van der Waals surface area contributed by atoms with Crippen LogP contribution in [-0.2, 0) is 4.74 Å². The maximum Gasteiger partial charge on any atom is 0.0575 e. The average molecular weight is 290 g/mol. The number of hydrogen-bond acceptors (Lipinski definition) is 1. The molecule has 120 valence electrons. The Labute approximate surface area is 131 Å². The third kappa shape index (κ3) is 5.62. The van der Waals surface area contributed by atoms with Crippen LogP contribution in [0.1, 0.15) is 70.6 Å². The fraction of sp³-hybridized carbons (Fsp3) is 0.800. The molecule has 2 rings (SSSR count). The van der Waals surface area contributed by atoms with Crippen LogP contribution in [-0.4, -0.2) is 12.7 Å². The van der Waals surface area contributed by atoms with Crippen molar-refractivity contribution in [2.75, 3.05) is 6.61 Å². The van der Waals surface area contributed by atoms with Gasteiger partial charge in [0.1, 0.15) is 0 Å². The fourth-order valence-corrected chi connectivity index (χ4v) is 4.35. The summed E-state index contributed by atoms with van der Waals surface area (Å²) in [6.07, 6.45) is 19.4.